The highest BCUT2D eigenvalue weighted by Gasteiger charge is 2.25. The van der Waals surface area contributed by atoms with Gasteiger partial charge in [-0.05, 0) is 39.5 Å². The van der Waals surface area contributed by atoms with Gasteiger partial charge in [0.2, 0.25) is 0 Å². The molecule has 1 aliphatic rings. The van der Waals surface area contributed by atoms with Gasteiger partial charge in [-0.2, -0.15) is 5.26 Å². The largest absolute Gasteiger partial charge is 0.299 e. The van der Waals surface area contributed by atoms with E-state index in [-0.39, 0.29) is 6.04 Å². The first kappa shape index (κ1) is 13.5. The Labute approximate surface area is 99.8 Å². The fraction of sp³-hybridized carbons (Fsp3) is 0.923. The minimum atomic E-state index is -0.0345. The molecule has 3 atom stereocenters. The first-order valence-corrected chi connectivity index (χ1v) is 6.42. The van der Waals surface area contributed by atoms with E-state index in [0.717, 1.165) is 19.0 Å². The Morgan fingerprint density at radius 1 is 1.38 bits per heavy atom. The molecule has 0 amide bonds. The van der Waals surface area contributed by atoms with Gasteiger partial charge in [0.05, 0.1) is 6.07 Å². The van der Waals surface area contributed by atoms with Crippen molar-refractivity contribution in [3.63, 3.8) is 0 Å². The molecule has 0 radical (unpaired) electrons. The monoisotopic (exact) mass is 223 g/mol. The van der Waals surface area contributed by atoms with Gasteiger partial charge in [0.15, 0.2) is 0 Å². The topological polar surface area (TPSA) is 39.1 Å². The van der Waals surface area contributed by atoms with E-state index in [2.05, 4.69) is 44.0 Å². The van der Waals surface area contributed by atoms with Crippen LogP contribution in [0.2, 0.25) is 0 Å². The van der Waals surface area contributed by atoms with E-state index in [1.165, 1.54) is 12.8 Å². The number of nitrogens with one attached hydrogen (secondary N) is 1. The molecule has 92 valence electrons. The van der Waals surface area contributed by atoms with E-state index in [4.69, 9.17) is 5.26 Å². The summed E-state index contributed by atoms with van der Waals surface area (Å²) in [5, 5.41) is 12.4. The maximum atomic E-state index is 9.12. The van der Waals surface area contributed by atoms with Crippen LogP contribution >= 0.6 is 0 Å². The minimum absolute atomic E-state index is 0.0345. The molecule has 0 aromatic rings. The number of nitriles is 1. The van der Waals surface area contributed by atoms with Crippen molar-refractivity contribution in [1.82, 2.24) is 10.2 Å². The van der Waals surface area contributed by atoms with Crippen LogP contribution in [0.5, 0.6) is 0 Å². The molecule has 1 heterocycles. The van der Waals surface area contributed by atoms with Crippen molar-refractivity contribution in [1.29, 1.82) is 5.26 Å². The number of likely N-dealkylation sites (tertiary alicyclic amines) is 1. The Morgan fingerprint density at radius 2 is 2.06 bits per heavy atom. The average Bonchev–Trinajstić information content (AvgIpc) is 2.21. The third kappa shape index (κ3) is 4.11. The van der Waals surface area contributed by atoms with Crippen molar-refractivity contribution in [2.45, 2.75) is 58.7 Å². The van der Waals surface area contributed by atoms with Crippen LogP contribution in [0, 0.1) is 17.2 Å². The first-order valence-electron chi connectivity index (χ1n) is 6.42. The highest BCUT2D eigenvalue weighted by molar-refractivity contribution is 4.94. The van der Waals surface area contributed by atoms with Gasteiger partial charge in [-0.3, -0.25) is 10.2 Å². The maximum absolute atomic E-state index is 9.12. The fourth-order valence-corrected chi connectivity index (χ4v) is 2.40. The third-order valence-corrected chi connectivity index (χ3v) is 3.35. The van der Waals surface area contributed by atoms with Crippen LogP contribution in [-0.4, -0.2) is 36.1 Å². The van der Waals surface area contributed by atoms with Crippen molar-refractivity contribution in [2.24, 2.45) is 5.92 Å². The Kier molecular flexibility index (Phi) is 5.24. The van der Waals surface area contributed by atoms with Gasteiger partial charge in [0.1, 0.15) is 6.04 Å². The van der Waals surface area contributed by atoms with Gasteiger partial charge >= 0.3 is 0 Å². The van der Waals surface area contributed by atoms with E-state index in [9.17, 15) is 0 Å². The zero-order valence-electron chi connectivity index (χ0n) is 11.0. The van der Waals surface area contributed by atoms with Crippen LogP contribution in [0.1, 0.15) is 40.5 Å². The Balaban J connectivity index is 2.47. The smallest absolute Gasteiger partial charge is 0.108 e. The molecule has 0 aliphatic carbocycles. The van der Waals surface area contributed by atoms with Crippen LogP contribution < -0.4 is 5.32 Å². The summed E-state index contributed by atoms with van der Waals surface area (Å²) in [5.74, 6) is 0.773. The zero-order chi connectivity index (χ0) is 12.1. The molecule has 0 aromatic carbocycles. The van der Waals surface area contributed by atoms with E-state index < -0.39 is 0 Å². The van der Waals surface area contributed by atoms with E-state index in [1.807, 2.05) is 0 Å². The van der Waals surface area contributed by atoms with Crippen LogP contribution in [0.4, 0.5) is 0 Å². The van der Waals surface area contributed by atoms with Crippen molar-refractivity contribution in [2.75, 3.05) is 13.1 Å². The molecule has 1 rings (SSSR count). The lowest BCUT2D eigenvalue weighted by Crippen LogP contribution is -2.49. The van der Waals surface area contributed by atoms with Gasteiger partial charge in [0.25, 0.3) is 0 Å². The molecule has 3 heteroatoms. The summed E-state index contributed by atoms with van der Waals surface area (Å²) in [6, 6.07) is 3.33. The van der Waals surface area contributed by atoms with Gasteiger partial charge in [-0.15, -0.1) is 0 Å². The normalized spacial score (nSPS) is 29.0. The lowest BCUT2D eigenvalue weighted by Gasteiger charge is -2.38. The summed E-state index contributed by atoms with van der Waals surface area (Å²) in [6.45, 7) is 10.8. The van der Waals surface area contributed by atoms with Gasteiger partial charge in [-0.1, -0.05) is 6.92 Å². The molecular weight excluding hydrogens is 198 g/mol. The van der Waals surface area contributed by atoms with Crippen molar-refractivity contribution in [3.05, 3.63) is 0 Å². The molecule has 3 unspecified atom stereocenters. The second-order valence-electron chi connectivity index (χ2n) is 5.49. The molecular formula is C13H25N3. The predicted octanol–water partition coefficient (Wildman–Crippen LogP) is 2.00. The fourth-order valence-electron chi connectivity index (χ4n) is 2.40. The maximum Gasteiger partial charge on any atom is 0.108 e. The zero-order valence-corrected chi connectivity index (χ0v) is 11.0. The second kappa shape index (κ2) is 6.22. The number of hydrogen-bond donors (Lipinski definition) is 1. The van der Waals surface area contributed by atoms with E-state index in [0.29, 0.717) is 12.1 Å². The summed E-state index contributed by atoms with van der Waals surface area (Å²) in [6.07, 6.45) is 2.59. The highest BCUT2D eigenvalue weighted by atomic mass is 15.2. The molecule has 1 saturated heterocycles. The van der Waals surface area contributed by atoms with Crippen molar-refractivity contribution in [3.8, 4) is 6.07 Å². The van der Waals surface area contributed by atoms with Crippen LogP contribution in [0.3, 0.4) is 0 Å². The molecule has 0 saturated carbocycles. The van der Waals surface area contributed by atoms with E-state index in [1.54, 1.807) is 0 Å². The number of hydrogen-bond acceptors (Lipinski definition) is 3. The molecule has 0 bridgehead atoms. The predicted molar refractivity (Wildman–Crippen MR) is 67.1 cm³/mol. The molecule has 0 spiro atoms. The second-order valence-corrected chi connectivity index (χ2v) is 5.49. The summed E-state index contributed by atoms with van der Waals surface area (Å²) < 4.78 is 0. The van der Waals surface area contributed by atoms with Gasteiger partial charge in [-0.25, -0.2) is 0 Å². The molecule has 1 aliphatic heterocycles. The van der Waals surface area contributed by atoms with Crippen LogP contribution in [0.15, 0.2) is 0 Å². The summed E-state index contributed by atoms with van der Waals surface area (Å²) >= 11 is 0. The quantitative estimate of drug-likeness (QED) is 0.792. The molecule has 1 N–H and O–H groups in total. The van der Waals surface area contributed by atoms with Crippen molar-refractivity contribution < 1.29 is 0 Å². The SMILES string of the molecule is CC1CCC(C)N(CC(C#N)NC(C)C)C1. The Morgan fingerprint density at radius 3 is 2.62 bits per heavy atom. The van der Waals surface area contributed by atoms with Crippen molar-refractivity contribution >= 4 is 0 Å². The molecule has 1 fully saturated rings. The van der Waals surface area contributed by atoms with Crippen LogP contribution in [0.25, 0.3) is 0 Å². The highest BCUT2D eigenvalue weighted by Crippen LogP contribution is 2.21. The Bertz CT molecular complexity index is 244. The van der Waals surface area contributed by atoms with Crippen LogP contribution in [-0.2, 0) is 0 Å². The van der Waals surface area contributed by atoms with E-state index >= 15 is 0 Å². The summed E-state index contributed by atoms with van der Waals surface area (Å²) in [5.41, 5.74) is 0. The first-order chi connectivity index (χ1) is 7.52. The molecule has 16 heavy (non-hydrogen) atoms. The summed E-state index contributed by atoms with van der Waals surface area (Å²) in [7, 11) is 0. The lowest BCUT2D eigenvalue weighted by atomic mass is 9.94. The minimum Gasteiger partial charge on any atom is -0.299 e. The number of piperidine rings is 1. The molecule has 3 nitrogen and oxygen atoms in total. The lowest BCUT2D eigenvalue weighted by molar-refractivity contribution is 0.118. The average molecular weight is 223 g/mol. The standard InChI is InChI=1S/C13H25N3/c1-10(2)15-13(7-14)9-16-8-11(3)5-6-12(16)4/h10-13,15H,5-6,8-9H2,1-4H3. The summed E-state index contributed by atoms with van der Waals surface area (Å²) in [4.78, 5) is 2.46. The number of rotatable bonds is 4. The van der Waals surface area contributed by atoms with Gasteiger partial charge < -0.3 is 0 Å². The third-order valence-electron chi connectivity index (χ3n) is 3.35. The molecule has 0 aromatic heterocycles. The van der Waals surface area contributed by atoms with Gasteiger partial charge in [0, 0.05) is 25.2 Å². The Hall–Kier alpha value is -0.590. The number of nitrogens with zero attached hydrogens (tertiary/aromatic N) is 2.